The van der Waals surface area contributed by atoms with Crippen LogP contribution in [0.4, 0.5) is 0 Å². The van der Waals surface area contributed by atoms with Crippen molar-refractivity contribution in [3.63, 3.8) is 0 Å². The molecule has 1 aromatic heterocycles. The maximum Gasteiger partial charge on any atom is 0.414 e. The summed E-state index contributed by atoms with van der Waals surface area (Å²) in [5.74, 6) is -5.72. The Kier molecular flexibility index (Phi) is 10.1. The zero-order valence-corrected chi connectivity index (χ0v) is 18.6. The second-order valence-electron chi connectivity index (χ2n) is 6.61. The first-order valence-corrected chi connectivity index (χ1v) is 10.9. The van der Waals surface area contributed by atoms with Gasteiger partial charge < -0.3 is 20.2 Å². The van der Waals surface area contributed by atoms with E-state index in [0.717, 1.165) is 4.31 Å². The topological polar surface area (TPSA) is 182 Å². The van der Waals surface area contributed by atoms with E-state index in [4.69, 9.17) is 19.8 Å². The van der Waals surface area contributed by atoms with Gasteiger partial charge in [0.1, 0.15) is 0 Å². The Morgan fingerprint density at radius 3 is 1.88 bits per heavy atom. The number of pyridine rings is 1. The maximum absolute atomic E-state index is 13.0. The molecule has 0 atom stereocenters. The molecule has 13 heteroatoms. The lowest BCUT2D eigenvalue weighted by Crippen LogP contribution is -2.38. The molecule has 12 nitrogen and oxygen atoms in total. The molecule has 2 rings (SSSR count). The summed E-state index contributed by atoms with van der Waals surface area (Å²) >= 11 is 0. The van der Waals surface area contributed by atoms with Crippen LogP contribution in [0.2, 0.25) is 0 Å². The number of sulfonamides is 1. The average molecular weight is 481 g/mol. The van der Waals surface area contributed by atoms with E-state index in [2.05, 4.69) is 4.98 Å². The number of amides is 1. The Balaban J connectivity index is 0.000000801. The molecular weight excluding hydrogens is 458 g/mol. The third-order valence-corrected chi connectivity index (χ3v) is 5.92. The van der Waals surface area contributed by atoms with Gasteiger partial charge in [0.25, 0.3) is 5.91 Å². The van der Waals surface area contributed by atoms with Gasteiger partial charge in [-0.05, 0) is 24.3 Å². The van der Waals surface area contributed by atoms with Crippen LogP contribution in [0.5, 0.6) is 0 Å². The van der Waals surface area contributed by atoms with Gasteiger partial charge in [0.2, 0.25) is 10.0 Å². The number of carboxylic acid groups (broad SMARTS) is 3. The number of nitrogens with zero attached hydrogens (tertiary/aromatic N) is 3. The van der Waals surface area contributed by atoms with Crippen LogP contribution in [0.25, 0.3) is 0 Å². The Hall–Kier alpha value is -3.84. The Labute approximate surface area is 189 Å². The highest BCUT2D eigenvalue weighted by Crippen LogP contribution is 2.14. The van der Waals surface area contributed by atoms with Crippen molar-refractivity contribution in [3.8, 4) is 0 Å². The van der Waals surface area contributed by atoms with Crippen molar-refractivity contribution in [2.75, 3.05) is 26.4 Å². The molecule has 178 valence electrons. The summed E-state index contributed by atoms with van der Waals surface area (Å²) in [5, 5.41) is 24.1. The van der Waals surface area contributed by atoms with E-state index in [1.54, 1.807) is 30.5 Å². The van der Waals surface area contributed by atoms with Gasteiger partial charge in [0.15, 0.2) is 0 Å². The molecule has 0 saturated carbocycles. The van der Waals surface area contributed by atoms with Crippen LogP contribution in [0.15, 0.2) is 48.7 Å². The highest BCUT2D eigenvalue weighted by molar-refractivity contribution is 7.89. The average Bonchev–Trinajstić information content (AvgIpc) is 2.77. The number of aromatic carboxylic acids is 1. The lowest BCUT2D eigenvalue weighted by molar-refractivity contribution is -0.159. The third-order valence-electron chi connectivity index (χ3n) is 4.11. The van der Waals surface area contributed by atoms with E-state index in [1.165, 1.54) is 37.2 Å². The van der Waals surface area contributed by atoms with Crippen molar-refractivity contribution >= 4 is 33.8 Å². The Morgan fingerprint density at radius 1 is 0.879 bits per heavy atom. The molecule has 1 heterocycles. The minimum Gasteiger partial charge on any atom is -0.478 e. The highest BCUT2D eigenvalue weighted by atomic mass is 32.2. The van der Waals surface area contributed by atoms with Gasteiger partial charge >= 0.3 is 17.9 Å². The van der Waals surface area contributed by atoms with Crippen LogP contribution in [0.1, 0.15) is 26.4 Å². The molecule has 3 N–H and O–H groups in total. The summed E-state index contributed by atoms with van der Waals surface area (Å²) in [6.07, 6.45) is 1.57. The van der Waals surface area contributed by atoms with Crippen molar-refractivity contribution in [1.82, 2.24) is 14.2 Å². The fraction of sp³-hybridized carbons (Fsp3) is 0.250. The Bertz CT molecular complexity index is 1090. The molecule has 2 aromatic rings. The molecule has 1 aromatic carbocycles. The number of carbonyl (C=O) groups is 4. The molecular formula is C20H23N3O9S. The first-order valence-electron chi connectivity index (χ1n) is 9.24. The summed E-state index contributed by atoms with van der Waals surface area (Å²) in [7, 11) is -0.692. The summed E-state index contributed by atoms with van der Waals surface area (Å²) in [4.78, 5) is 48.1. The SMILES string of the molecule is CN(C)S(=O)(=O)CCN(Cc1ccccn1)C(=O)c1ccccc1C(=O)O.O=C(O)C(=O)O. The lowest BCUT2D eigenvalue weighted by atomic mass is 10.1. The van der Waals surface area contributed by atoms with E-state index in [1.807, 2.05) is 0 Å². The predicted octanol–water partition coefficient (Wildman–Crippen LogP) is 0.469. The monoisotopic (exact) mass is 481 g/mol. The molecule has 0 aliphatic carbocycles. The van der Waals surface area contributed by atoms with Gasteiger partial charge in [0, 0.05) is 26.8 Å². The van der Waals surface area contributed by atoms with Crippen LogP contribution >= 0.6 is 0 Å². The van der Waals surface area contributed by atoms with Crippen LogP contribution in [-0.4, -0.2) is 88.1 Å². The molecule has 0 aliphatic rings. The largest absolute Gasteiger partial charge is 0.478 e. The minimum atomic E-state index is -3.52. The zero-order valence-electron chi connectivity index (χ0n) is 17.8. The first-order chi connectivity index (χ1) is 15.4. The number of aliphatic carboxylic acids is 2. The number of rotatable bonds is 8. The number of benzene rings is 1. The molecule has 33 heavy (non-hydrogen) atoms. The zero-order chi connectivity index (χ0) is 25.2. The van der Waals surface area contributed by atoms with Crippen LogP contribution in [0.3, 0.4) is 0 Å². The molecule has 0 saturated heterocycles. The molecule has 0 bridgehead atoms. The fourth-order valence-electron chi connectivity index (χ4n) is 2.37. The minimum absolute atomic E-state index is 0.00295. The van der Waals surface area contributed by atoms with Crippen LogP contribution in [0, 0.1) is 0 Å². The van der Waals surface area contributed by atoms with Gasteiger partial charge in [-0.2, -0.15) is 0 Å². The molecule has 1 amide bonds. The second-order valence-corrected chi connectivity index (χ2v) is 8.91. The van der Waals surface area contributed by atoms with E-state index < -0.39 is 33.8 Å². The molecule has 0 fully saturated rings. The summed E-state index contributed by atoms with van der Waals surface area (Å²) in [5.41, 5.74) is 0.438. The van der Waals surface area contributed by atoms with E-state index in [9.17, 15) is 23.1 Å². The Morgan fingerprint density at radius 2 is 1.42 bits per heavy atom. The van der Waals surface area contributed by atoms with Gasteiger partial charge in [-0.3, -0.25) is 9.78 Å². The summed E-state index contributed by atoms with van der Waals surface area (Å²) < 4.78 is 25.3. The van der Waals surface area contributed by atoms with Crippen molar-refractivity contribution in [3.05, 3.63) is 65.5 Å². The quantitative estimate of drug-likeness (QED) is 0.448. The van der Waals surface area contributed by atoms with Gasteiger partial charge in [-0.15, -0.1) is 0 Å². The van der Waals surface area contributed by atoms with Crippen molar-refractivity contribution in [1.29, 1.82) is 0 Å². The molecule has 0 unspecified atom stereocenters. The van der Waals surface area contributed by atoms with E-state index in [-0.39, 0.29) is 30.0 Å². The van der Waals surface area contributed by atoms with E-state index in [0.29, 0.717) is 5.69 Å². The normalized spacial score (nSPS) is 10.6. The smallest absolute Gasteiger partial charge is 0.414 e. The van der Waals surface area contributed by atoms with Gasteiger partial charge in [-0.1, -0.05) is 18.2 Å². The van der Waals surface area contributed by atoms with Crippen molar-refractivity contribution in [2.24, 2.45) is 0 Å². The predicted molar refractivity (Wildman–Crippen MR) is 115 cm³/mol. The number of hydrogen-bond acceptors (Lipinski definition) is 7. The third kappa shape index (κ3) is 8.66. The van der Waals surface area contributed by atoms with Gasteiger partial charge in [0.05, 0.1) is 29.1 Å². The summed E-state index contributed by atoms with van der Waals surface area (Å²) in [6, 6.07) is 11.0. The molecule has 0 radical (unpaired) electrons. The van der Waals surface area contributed by atoms with Crippen molar-refractivity contribution < 1.29 is 42.9 Å². The number of hydrogen-bond donors (Lipinski definition) is 3. The van der Waals surface area contributed by atoms with Crippen LogP contribution < -0.4 is 0 Å². The molecule has 0 spiro atoms. The first kappa shape index (κ1) is 27.2. The second kappa shape index (κ2) is 12.3. The highest BCUT2D eigenvalue weighted by Gasteiger charge is 2.24. The number of carboxylic acids is 3. The number of carbonyl (C=O) groups excluding carboxylic acids is 1. The van der Waals surface area contributed by atoms with Gasteiger partial charge in [-0.25, -0.2) is 27.1 Å². The van der Waals surface area contributed by atoms with E-state index >= 15 is 0 Å². The van der Waals surface area contributed by atoms with Crippen LogP contribution in [-0.2, 0) is 26.2 Å². The fourth-order valence-corrected chi connectivity index (χ4v) is 3.19. The number of aromatic nitrogens is 1. The lowest BCUT2D eigenvalue weighted by Gasteiger charge is -2.24. The maximum atomic E-state index is 13.0. The molecule has 0 aliphatic heterocycles. The summed E-state index contributed by atoms with van der Waals surface area (Å²) in [6.45, 7) is -0.0273. The standard InChI is InChI=1S/C18H21N3O5S.C2H2O4/c1-20(2)27(25,26)12-11-21(13-14-7-5-6-10-19-14)17(22)15-8-3-4-9-16(15)18(23)24;3-1(4)2(5)6/h3-10H,11-13H2,1-2H3,(H,23,24);(H,3,4)(H,5,6). The van der Waals surface area contributed by atoms with Crippen molar-refractivity contribution in [2.45, 2.75) is 6.54 Å².